The summed E-state index contributed by atoms with van der Waals surface area (Å²) in [4.78, 5) is 12.4. The molecular formula is C18H27ClN2O3. The fourth-order valence-corrected chi connectivity index (χ4v) is 3.04. The van der Waals surface area contributed by atoms with Gasteiger partial charge in [-0.25, -0.2) is 0 Å². The smallest absolute Gasteiger partial charge is 0.251 e. The monoisotopic (exact) mass is 354 g/mol. The van der Waals surface area contributed by atoms with Gasteiger partial charge in [0.1, 0.15) is 12.4 Å². The molecule has 2 unspecified atom stereocenters. The molecule has 3 N–H and O–H groups in total. The molecule has 24 heavy (non-hydrogen) atoms. The fourth-order valence-electron chi connectivity index (χ4n) is 3.04. The second-order valence-electron chi connectivity index (χ2n) is 6.82. The number of nitrogens with two attached hydrogens (primary N) is 1. The maximum atomic E-state index is 12.4. The molecule has 5 nitrogen and oxygen atoms in total. The summed E-state index contributed by atoms with van der Waals surface area (Å²) in [5, 5.41) is 3.09. The Labute approximate surface area is 149 Å². The molecule has 3 rings (SSSR count). The molecule has 1 aromatic rings. The van der Waals surface area contributed by atoms with E-state index in [4.69, 9.17) is 15.2 Å². The van der Waals surface area contributed by atoms with Crippen LogP contribution in [0.25, 0.3) is 0 Å². The predicted molar refractivity (Wildman–Crippen MR) is 95.8 cm³/mol. The van der Waals surface area contributed by atoms with Gasteiger partial charge in [0.25, 0.3) is 5.91 Å². The van der Waals surface area contributed by atoms with Crippen molar-refractivity contribution in [3.63, 3.8) is 0 Å². The Morgan fingerprint density at radius 2 is 2.04 bits per heavy atom. The fraction of sp³-hybridized carbons (Fsp3) is 0.611. The van der Waals surface area contributed by atoms with Gasteiger partial charge in [-0.1, -0.05) is 0 Å². The van der Waals surface area contributed by atoms with E-state index >= 15 is 0 Å². The Bertz CT molecular complexity index is 542. The number of nitrogens with one attached hydrogen (secondary N) is 1. The third-order valence-electron chi connectivity index (χ3n) is 4.88. The zero-order valence-corrected chi connectivity index (χ0v) is 14.9. The van der Waals surface area contributed by atoms with Crippen LogP contribution in [-0.2, 0) is 4.74 Å². The number of ether oxygens (including phenoxy) is 2. The molecule has 0 aromatic heterocycles. The van der Waals surface area contributed by atoms with Crippen LogP contribution in [0.2, 0.25) is 0 Å². The van der Waals surface area contributed by atoms with Crippen molar-refractivity contribution in [2.45, 2.75) is 44.2 Å². The van der Waals surface area contributed by atoms with Gasteiger partial charge < -0.3 is 20.5 Å². The molecule has 2 aliphatic rings. The van der Waals surface area contributed by atoms with E-state index in [-0.39, 0.29) is 30.0 Å². The molecule has 6 heteroatoms. The number of benzene rings is 1. The summed E-state index contributed by atoms with van der Waals surface area (Å²) in [6.07, 6.45) is 4.64. The molecule has 1 heterocycles. The van der Waals surface area contributed by atoms with E-state index in [1.165, 1.54) is 0 Å². The van der Waals surface area contributed by atoms with E-state index in [1.54, 1.807) is 12.1 Å². The molecule has 0 bridgehead atoms. The standard InChI is InChI=1S/C18H26N2O3.ClH/c1-18(12-19,14-6-7-14)20-17(21)13-4-8-15(9-5-13)23-11-16-3-2-10-22-16;/h4-5,8-9,14,16H,2-3,6-7,10-12,19H2,1H3,(H,20,21);1H. The average molecular weight is 355 g/mol. The first-order valence-electron chi connectivity index (χ1n) is 8.48. The molecular weight excluding hydrogens is 328 g/mol. The summed E-state index contributed by atoms with van der Waals surface area (Å²) in [5.74, 6) is 1.20. The first-order chi connectivity index (χ1) is 11.1. The lowest BCUT2D eigenvalue weighted by Gasteiger charge is -2.29. The topological polar surface area (TPSA) is 73.6 Å². The number of carbonyl (C=O) groups excluding carboxylic acids is 1. The summed E-state index contributed by atoms with van der Waals surface area (Å²) >= 11 is 0. The molecule has 1 aliphatic carbocycles. The predicted octanol–water partition coefficient (Wildman–Crippen LogP) is 2.52. The first-order valence-corrected chi connectivity index (χ1v) is 8.48. The molecule has 1 amide bonds. The number of rotatable bonds is 7. The number of hydrogen-bond donors (Lipinski definition) is 2. The SMILES string of the molecule is CC(CN)(NC(=O)c1ccc(OCC2CCCO2)cc1)C1CC1.Cl. The molecule has 2 atom stereocenters. The van der Waals surface area contributed by atoms with E-state index in [0.29, 0.717) is 24.6 Å². The Balaban J connectivity index is 0.00000208. The molecule has 2 fully saturated rings. The molecule has 1 saturated carbocycles. The van der Waals surface area contributed by atoms with Crippen LogP contribution in [0.3, 0.4) is 0 Å². The van der Waals surface area contributed by atoms with Gasteiger partial charge >= 0.3 is 0 Å². The third kappa shape index (κ3) is 4.62. The van der Waals surface area contributed by atoms with Gasteiger partial charge in [-0.05, 0) is 62.8 Å². The Kier molecular flexibility index (Phi) is 6.49. The lowest BCUT2D eigenvalue weighted by atomic mass is 9.95. The second kappa shape index (κ2) is 8.19. The summed E-state index contributed by atoms with van der Waals surface area (Å²) in [6.45, 7) is 3.89. The number of carbonyl (C=O) groups is 1. The van der Waals surface area contributed by atoms with Crippen LogP contribution in [0.4, 0.5) is 0 Å². The Morgan fingerprint density at radius 3 is 2.58 bits per heavy atom. The summed E-state index contributed by atoms with van der Waals surface area (Å²) < 4.78 is 11.2. The van der Waals surface area contributed by atoms with Crippen molar-refractivity contribution < 1.29 is 14.3 Å². The van der Waals surface area contributed by atoms with E-state index < -0.39 is 0 Å². The van der Waals surface area contributed by atoms with Crippen molar-refractivity contribution in [1.29, 1.82) is 0 Å². The minimum atomic E-state index is -0.300. The lowest BCUT2D eigenvalue weighted by Crippen LogP contribution is -2.53. The van der Waals surface area contributed by atoms with Gasteiger partial charge in [0, 0.05) is 18.7 Å². The average Bonchev–Trinajstić information content (AvgIpc) is 3.31. The second-order valence-corrected chi connectivity index (χ2v) is 6.82. The van der Waals surface area contributed by atoms with Crippen molar-refractivity contribution in [3.05, 3.63) is 29.8 Å². The molecule has 1 aromatic carbocycles. The number of hydrogen-bond acceptors (Lipinski definition) is 4. The van der Waals surface area contributed by atoms with Gasteiger partial charge in [-0.3, -0.25) is 4.79 Å². The normalized spacial score (nSPS) is 22.3. The van der Waals surface area contributed by atoms with Gasteiger partial charge in [-0.15, -0.1) is 12.4 Å². The van der Waals surface area contributed by atoms with E-state index in [2.05, 4.69) is 5.32 Å². The zero-order valence-electron chi connectivity index (χ0n) is 14.1. The van der Waals surface area contributed by atoms with Gasteiger partial charge in [0.2, 0.25) is 0 Å². The van der Waals surface area contributed by atoms with Crippen molar-refractivity contribution in [3.8, 4) is 5.75 Å². The molecule has 0 spiro atoms. The minimum Gasteiger partial charge on any atom is -0.491 e. The Hall–Kier alpha value is -1.30. The highest BCUT2D eigenvalue weighted by molar-refractivity contribution is 5.94. The van der Waals surface area contributed by atoms with E-state index in [0.717, 1.165) is 38.0 Å². The maximum absolute atomic E-state index is 12.4. The van der Waals surface area contributed by atoms with Gasteiger partial charge in [-0.2, -0.15) is 0 Å². The van der Waals surface area contributed by atoms with Crippen molar-refractivity contribution >= 4 is 18.3 Å². The number of halogens is 1. The van der Waals surface area contributed by atoms with Gasteiger partial charge in [0.15, 0.2) is 0 Å². The minimum absolute atomic E-state index is 0. The van der Waals surface area contributed by atoms with Crippen LogP contribution in [0.15, 0.2) is 24.3 Å². The van der Waals surface area contributed by atoms with Crippen molar-refractivity contribution in [2.24, 2.45) is 11.7 Å². The highest BCUT2D eigenvalue weighted by Gasteiger charge is 2.41. The quantitative estimate of drug-likeness (QED) is 0.789. The zero-order chi connectivity index (χ0) is 16.3. The molecule has 1 aliphatic heterocycles. The van der Waals surface area contributed by atoms with Crippen LogP contribution in [0.5, 0.6) is 5.75 Å². The summed E-state index contributed by atoms with van der Waals surface area (Å²) in [5.41, 5.74) is 6.19. The van der Waals surface area contributed by atoms with Crippen LogP contribution in [0, 0.1) is 5.92 Å². The van der Waals surface area contributed by atoms with Crippen LogP contribution < -0.4 is 15.8 Å². The largest absolute Gasteiger partial charge is 0.491 e. The van der Waals surface area contributed by atoms with E-state index in [9.17, 15) is 4.79 Å². The number of amides is 1. The summed E-state index contributed by atoms with van der Waals surface area (Å²) in [6, 6.07) is 7.26. The highest BCUT2D eigenvalue weighted by Crippen LogP contribution is 2.39. The highest BCUT2D eigenvalue weighted by atomic mass is 35.5. The molecule has 134 valence electrons. The molecule has 1 saturated heterocycles. The van der Waals surface area contributed by atoms with E-state index in [1.807, 2.05) is 19.1 Å². The van der Waals surface area contributed by atoms with Crippen molar-refractivity contribution in [2.75, 3.05) is 19.8 Å². The van der Waals surface area contributed by atoms with Crippen LogP contribution >= 0.6 is 12.4 Å². The Morgan fingerprint density at radius 1 is 1.33 bits per heavy atom. The maximum Gasteiger partial charge on any atom is 0.251 e. The lowest BCUT2D eigenvalue weighted by molar-refractivity contribution is 0.0679. The van der Waals surface area contributed by atoms with Crippen LogP contribution in [0.1, 0.15) is 43.0 Å². The van der Waals surface area contributed by atoms with Crippen molar-refractivity contribution in [1.82, 2.24) is 5.32 Å². The van der Waals surface area contributed by atoms with Gasteiger partial charge in [0.05, 0.1) is 11.6 Å². The first kappa shape index (κ1) is 19.0. The van der Waals surface area contributed by atoms with Crippen LogP contribution in [-0.4, -0.2) is 37.3 Å². The third-order valence-corrected chi connectivity index (χ3v) is 4.88. The molecule has 0 radical (unpaired) electrons. The summed E-state index contributed by atoms with van der Waals surface area (Å²) in [7, 11) is 0.